The molecule has 2 aromatic heterocycles. The van der Waals surface area contributed by atoms with Crippen LogP contribution in [-0.4, -0.2) is 34.1 Å². The molecule has 0 aliphatic rings. The maximum absolute atomic E-state index is 12.5. The normalized spacial score (nSPS) is 11.6. The standard InChI is InChI=1S/C26H25N5O3/c1-17(20-6-5-13-28-15-20)31-25(27)22(16-32)24(30-31)19-11-9-18(10-12-19)14-29-26(33)21-7-3-4-8-23(21)34-2/h3-13,15-17H,14,27H2,1-2H3,(H,29,33). The molecule has 2 aromatic carbocycles. The van der Waals surface area contributed by atoms with E-state index in [1.165, 1.54) is 7.11 Å². The van der Waals surface area contributed by atoms with E-state index in [4.69, 9.17) is 10.5 Å². The van der Waals surface area contributed by atoms with Gasteiger partial charge in [-0.3, -0.25) is 14.6 Å². The van der Waals surface area contributed by atoms with Gasteiger partial charge in [-0.05, 0) is 36.2 Å². The first kappa shape index (κ1) is 22.7. The first-order valence-corrected chi connectivity index (χ1v) is 10.8. The molecule has 8 nitrogen and oxygen atoms in total. The van der Waals surface area contributed by atoms with Crippen molar-refractivity contribution in [2.24, 2.45) is 0 Å². The van der Waals surface area contributed by atoms with Gasteiger partial charge in [0.2, 0.25) is 0 Å². The van der Waals surface area contributed by atoms with Crippen molar-refractivity contribution < 1.29 is 14.3 Å². The van der Waals surface area contributed by atoms with Gasteiger partial charge in [-0.2, -0.15) is 5.10 Å². The molecule has 4 rings (SSSR count). The van der Waals surface area contributed by atoms with E-state index < -0.39 is 0 Å². The van der Waals surface area contributed by atoms with Crippen molar-refractivity contribution in [3.63, 3.8) is 0 Å². The second kappa shape index (κ2) is 9.99. The molecule has 0 fully saturated rings. The van der Waals surface area contributed by atoms with Crippen molar-refractivity contribution in [1.82, 2.24) is 20.1 Å². The molecule has 1 unspecified atom stereocenters. The number of carbonyl (C=O) groups excluding carboxylic acids is 2. The molecule has 1 amide bonds. The molecule has 8 heteroatoms. The highest BCUT2D eigenvalue weighted by Crippen LogP contribution is 2.30. The lowest BCUT2D eigenvalue weighted by Gasteiger charge is -2.13. The summed E-state index contributed by atoms with van der Waals surface area (Å²) < 4.78 is 6.89. The number of hydrogen-bond donors (Lipinski definition) is 2. The number of aromatic nitrogens is 3. The Morgan fingerprint density at radius 1 is 1.15 bits per heavy atom. The van der Waals surface area contributed by atoms with Crippen LogP contribution < -0.4 is 15.8 Å². The topological polar surface area (TPSA) is 112 Å². The zero-order valence-electron chi connectivity index (χ0n) is 18.9. The van der Waals surface area contributed by atoms with Crippen molar-refractivity contribution >= 4 is 18.0 Å². The van der Waals surface area contributed by atoms with Crippen LogP contribution in [0.25, 0.3) is 11.3 Å². The van der Waals surface area contributed by atoms with Crippen molar-refractivity contribution in [3.05, 3.63) is 95.3 Å². The lowest BCUT2D eigenvalue weighted by Crippen LogP contribution is -2.23. The number of ether oxygens (including phenoxy) is 1. The number of amides is 1. The fourth-order valence-electron chi connectivity index (χ4n) is 3.74. The van der Waals surface area contributed by atoms with Crippen LogP contribution in [0.4, 0.5) is 5.82 Å². The minimum Gasteiger partial charge on any atom is -0.496 e. The van der Waals surface area contributed by atoms with E-state index in [2.05, 4.69) is 15.4 Å². The van der Waals surface area contributed by atoms with Gasteiger partial charge in [0.05, 0.1) is 24.3 Å². The molecule has 172 valence electrons. The Bertz CT molecular complexity index is 1300. The van der Waals surface area contributed by atoms with Crippen molar-refractivity contribution in [2.45, 2.75) is 19.5 Å². The predicted molar refractivity (Wildman–Crippen MR) is 130 cm³/mol. The van der Waals surface area contributed by atoms with Crippen LogP contribution in [-0.2, 0) is 6.54 Å². The quantitative estimate of drug-likeness (QED) is 0.390. The van der Waals surface area contributed by atoms with E-state index in [1.807, 2.05) is 49.4 Å². The molecule has 34 heavy (non-hydrogen) atoms. The molecule has 0 aliphatic carbocycles. The van der Waals surface area contributed by atoms with Crippen LogP contribution >= 0.6 is 0 Å². The van der Waals surface area contributed by atoms with Crippen LogP contribution in [0.5, 0.6) is 5.75 Å². The number of methoxy groups -OCH3 is 1. The number of nitrogens with one attached hydrogen (secondary N) is 1. The Hall–Kier alpha value is -4.46. The summed E-state index contributed by atoms with van der Waals surface area (Å²) in [5.74, 6) is 0.598. The number of rotatable bonds is 8. The van der Waals surface area contributed by atoms with E-state index in [0.29, 0.717) is 34.9 Å². The molecule has 0 bridgehead atoms. The molecule has 0 spiro atoms. The molecule has 0 saturated heterocycles. The maximum atomic E-state index is 12.5. The third-order valence-corrected chi connectivity index (χ3v) is 5.67. The minimum atomic E-state index is -0.222. The SMILES string of the molecule is COc1ccccc1C(=O)NCc1ccc(-c2nn(C(C)c3cccnc3)c(N)c2C=O)cc1. The number of carbonyl (C=O) groups is 2. The van der Waals surface area contributed by atoms with Gasteiger partial charge in [-0.25, -0.2) is 4.68 Å². The highest BCUT2D eigenvalue weighted by Gasteiger charge is 2.21. The van der Waals surface area contributed by atoms with Crippen LogP contribution in [0.3, 0.4) is 0 Å². The number of benzene rings is 2. The molecule has 2 heterocycles. The minimum absolute atomic E-state index is 0.189. The Balaban J connectivity index is 1.52. The molecule has 0 radical (unpaired) electrons. The van der Waals surface area contributed by atoms with E-state index in [0.717, 1.165) is 23.0 Å². The van der Waals surface area contributed by atoms with E-state index in [9.17, 15) is 9.59 Å². The number of nitrogens with zero attached hydrogens (tertiary/aromatic N) is 3. The summed E-state index contributed by atoms with van der Waals surface area (Å²) in [6.07, 6.45) is 4.18. The van der Waals surface area contributed by atoms with E-state index >= 15 is 0 Å². The summed E-state index contributed by atoms with van der Waals surface area (Å²) in [6, 6.07) is 18.1. The Kier molecular flexibility index (Phi) is 6.68. The van der Waals surface area contributed by atoms with Gasteiger partial charge < -0.3 is 15.8 Å². The largest absolute Gasteiger partial charge is 0.496 e. The second-order valence-electron chi connectivity index (χ2n) is 7.75. The number of pyridine rings is 1. The monoisotopic (exact) mass is 455 g/mol. The van der Waals surface area contributed by atoms with Gasteiger partial charge in [0.25, 0.3) is 5.91 Å². The summed E-state index contributed by atoms with van der Waals surface area (Å²) in [5, 5.41) is 7.54. The maximum Gasteiger partial charge on any atom is 0.255 e. The Labute approximate surface area is 197 Å². The second-order valence-corrected chi connectivity index (χ2v) is 7.75. The lowest BCUT2D eigenvalue weighted by molar-refractivity contribution is 0.0947. The molecule has 1 atom stereocenters. The zero-order chi connectivity index (χ0) is 24.1. The predicted octanol–water partition coefficient (Wildman–Crippen LogP) is 3.89. The fourth-order valence-corrected chi connectivity index (χ4v) is 3.74. The summed E-state index contributed by atoms with van der Waals surface area (Å²) in [5.41, 5.74) is 10.2. The first-order chi connectivity index (χ1) is 16.5. The average Bonchev–Trinajstić information content (AvgIpc) is 3.23. The smallest absolute Gasteiger partial charge is 0.255 e. The van der Waals surface area contributed by atoms with Gasteiger partial charge in [-0.15, -0.1) is 0 Å². The molecular formula is C26H25N5O3. The molecular weight excluding hydrogens is 430 g/mol. The van der Waals surface area contributed by atoms with E-state index in [1.54, 1.807) is 35.3 Å². The van der Waals surface area contributed by atoms with Gasteiger partial charge in [0, 0.05) is 24.5 Å². The number of para-hydroxylation sites is 1. The Morgan fingerprint density at radius 2 is 1.91 bits per heavy atom. The lowest BCUT2D eigenvalue weighted by atomic mass is 10.1. The number of hydrogen-bond acceptors (Lipinski definition) is 6. The summed E-state index contributed by atoms with van der Waals surface area (Å²) in [7, 11) is 1.53. The number of nitrogen functional groups attached to an aromatic ring is 1. The van der Waals surface area contributed by atoms with Gasteiger partial charge in [0.1, 0.15) is 17.3 Å². The van der Waals surface area contributed by atoms with Crippen LogP contribution in [0, 0.1) is 0 Å². The van der Waals surface area contributed by atoms with Crippen molar-refractivity contribution in [1.29, 1.82) is 0 Å². The van der Waals surface area contributed by atoms with Gasteiger partial charge in [0.15, 0.2) is 6.29 Å². The van der Waals surface area contributed by atoms with Gasteiger partial charge >= 0.3 is 0 Å². The number of nitrogens with two attached hydrogens (primary N) is 1. The third-order valence-electron chi connectivity index (χ3n) is 5.67. The fraction of sp³-hybridized carbons (Fsp3) is 0.154. The van der Waals surface area contributed by atoms with Gasteiger partial charge in [-0.1, -0.05) is 42.5 Å². The molecule has 0 aliphatic heterocycles. The summed E-state index contributed by atoms with van der Waals surface area (Å²) in [4.78, 5) is 28.5. The summed E-state index contributed by atoms with van der Waals surface area (Å²) in [6.45, 7) is 2.29. The molecule has 0 saturated carbocycles. The molecule has 4 aromatic rings. The number of aldehydes is 1. The highest BCUT2D eigenvalue weighted by molar-refractivity contribution is 5.97. The number of anilines is 1. The van der Waals surface area contributed by atoms with E-state index in [-0.39, 0.29) is 11.9 Å². The highest BCUT2D eigenvalue weighted by atomic mass is 16.5. The van der Waals surface area contributed by atoms with Crippen LogP contribution in [0.2, 0.25) is 0 Å². The Morgan fingerprint density at radius 3 is 2.59 bits per heavy atom. The third kappa shape index (κ3) is 4.52. The van der Waals surface area contributed by atoms with Crippen molar-refractivity contribution in [3.8, 4) is 17.0 Å². The van der Waals surface area contributed by atoms with Crippen LogP contribution in [0.15, 0.2) is 73.1 Å². The molecule has 3 N–H and O–H groups in total. The first-order valence-electron chi connectivity index (χ1n) is 10.8. The van der Waals surface area contributed by atoms with Crippen molar-refractivity contribution in [2.75, 3.05) is 12.8 Å². The van der Waals surface area contributed by atoms with Crippen LogP contribution in [0.1, 0.15) is 44.8 Å². The average molecular weight is 456 g/mol. The summed E-state index contributed by atoms with van der Waals surface area (Å²) >= 11 is 0. The zero-order valence-corrected chi connectivity index (χ0v) is 18.9.